The molecular weight excluding hydrogens is 435 g/mol. The predicted octanol–water partition coefficient (Wildman–Crippen LogP) is 2.29. The summed E-state index contributed by atoms with van der Waals surface area (Å²) in [5.74, 6) is 0.319. The maximum atomic E-state index is 12.4. The molecule has 1 saturated carbocycles. The van der Waals surface area contributed by atoms with E-state index in [9.17, 15) is 4.79 Å². The summed E-state index contributed by atoms with van der Waals surface area (Å²) in [6.07, 6.45) is 2.26. The summed E-state index contributed by atoms with van der Waals surface area (Å²) in [5, 5.41) is 3.04. The van der Waals surface area contributed by atoms with Gasteiger partial charge in [-0.3, -0.25) is 4.79 Å². The van der Waals surface area contributed by atoms with Gasteiger partial charge in [0.2, 0.25) is 0 Å². The van der Waals surface area contributed by atoms with Gasteiger partial charge >= 0.3 is 0 Å². The number of ether oxygens (including phenoxy) is 1. The van der Waals surface area contributed by atoms with Crippen molar-refractivity contribution in [2.24, 2.45) is 11.7 Å². The summed E-state index contributed by atoms with van der Waals surface area (Å²) < 4.78 is 7.57. The van der Waals surface area contributed by atoms with E-state index in [1.54, 1.807) is 0 Å². The summed E-state index contributed by atoms with van der Waals surface area (Å²) in [6, 6.07) is 5.62. The lowest BCUT2D eigenvalue weighted by Crippen LogP contribution is -2.72. The van der Waals surface area contributed by atoms with Crippen LogP contribution in [0.25, 0.3) is 0 Å². The lowest BCUT2D eigenvalue weighted by molar-refractivity contribution is -0.117. The maximum absolute atomic E-state index is 12.4. The fraction of sp³-hybridized carbons (Fsp3) is 0.500. The maximum Gasteiger partial charge on any atom is 0.252 e. The number of halogens is 2. The van der Waals surface area contributed by atoms with Gasteiger partial charge in [-0.1, -0.05) is 15.9 Å². The van der Waals surface area contributed by atoms with Crippen molar-refractivity contribution in [3.8, 4) is 0 Å². The van der Waals surface area contributed by atoms with Gasteiger partial charge in [-0.15, -0.1) is 0 Å². The molecule has 0 bridgehead atoms. The first-order valence-corrected chi connectivity index (χ1v) is 8.58. The molecule has 3 N–H and O–H groups in total. The zero-order valence-corrected chi connectivity index (χ0v) is 14.6. The van der Waals surface area contributed by atoms with Crippen molar-refractivity contribution in [1.82, 2.24) is 5.32 Å². The van der Waals surface area contributed by atoms with Gasteiger partial charge in [-0.2, -0.15) is 0 Å². The third-order valence-corrected chi connectivity index (χ3v) is 5.58. The monoisotopic (exact) mass is 450 g/mol. The van der Waals surface area contributed by atoms with Crippen molar-refractivity contribution in [1.29, 1.82) is 0 Å². The summed E-state index contributed by atoms with van der Waals surface area (Å²) >= 11 is 5.56. The molecule has 1 amide bonds. The van der Waals surface area contributed by atoms with Crippen LogP contribution in [-0.2, 0) is 4.74 Å². The number of rotatable bonds is 2. The van der Waals surface area contributed by atoms with Crippen LogP contribution in [0, 0.1) is 9.49 Å². The smallest absolute Gasteiger partial charge is 0.252 e. The Balaban J connectivity index is 1.71. The quantitative estimate of drug-likeness (QED) is 0.679. The number of carbonyl (C=O) groups is 1. The van der Waals surface area contributed by atoms with E-state index < -0.39 is 0 Å². The van der Waals surface area contributed by atoms with Crippen molar-refractivity contribution in [3.05, 3.63) is 31.8 Å². The van der Waals surface area contributed by atoms with Crippen molar-refractivity contribution in [2.45, 2.75) is 31.0 Å². The van der Waals surface area contributed by atoms with E-state index in [0.717, 1.165) is 27.5 Å². The van der Waals surface area contributed by atoms with Crippen LogP contribution in [0.15, 0.2) is 22.7 Å². The summed E-state index contributed by atoms with van der Waals surface area (Å²) in [5.41, 5.74) is 6.84. The van der Waals surface area contributed by atoms with Gasteiger partial charge in [0.25, 0.3) is 5.91 Å². The number of amides is 1. The van der Waals surface area contributed by atoms with Gasteiger partial charge in [0.15, 0.2) is 0 Å². The van der Waals surface area contributed by atoms with Crippen molar-refractivity contribution in [3.63, 3.8) is 0 Å². The van der Waals surface area contributed by atoms with Crippen LogP contribution in [0.2, 0.25) is 0 Å². The second kappa shape index (κ2) is 5.90. The van der Waals surface area contributed by atoms with Gasteiger partial charge in [0.1, 0.15) is 0 Å². The van der Waals surface area contributed by atoms with Crippen LogP contribution in [0.1, 0.15) is 23.2 Å². The Labute approximate surface area is 140 Å². The fourth-order valence-corrected chi connectivity index (χ4v) is 3.97. The van der Waals surface area contributed by atoms with Gasteiger partial charge in [0.05, 0.1) is 17.7 Å². The Kier molecular flexibility index (Phi) is 4.35. The molecule has 6 heteroatoms. The van der Waals surface area contributed by atoms with E-state index in [-0.39, 0.29) is 24.1 Å². The first kappa shape index (κ1) is 14.7. The first-order valence-electron chi connectivity index (χ1n) is 6.71. The number of hydrogen-bond donors (Lipinski definition) is 2. The Morgan fingerprint density at radius 2 is 2.30 bits per heavy atom. The number of nitrogens with two attached hydrogens (primary N) is 1. The SMILES string of the molecule is NC1C2CCCOC2C1NC(=O)c1cc(Br)ccc1I. The highest BCUT2D eigenvalue weighted by Gasteiger charge is 2.51. The third-order valence-electron chi connectivity index (χ3n) is 4.15. The van der Waals surface area contributed by atoms with E-state index in [2.05, 4.69) is 43.8 Å². The zero-order valence-electron chi connectivity index (χ0n) is 10.8. The lowest BCUT2D eigenvalue weighted by Gasteiger charge is -2.52. The fourth-order valence-electron chi connectivity index (χ4n) is 3.03. The van der Waals surface area contributed by atoms with E-state index in [1.807, 2.05) is 18.2 Å². The lowest BCUT2D eigenvalue weighted by atomic mass is 9.68. The number of benzene rings is 1. The van der Waals surface area contributed by atoms with Crippen molar-refractivity contribution in [2.75, 3.05) is 6.61 Å². The predicted molar refractivity (Wildman–Crippen MR) is 88.6 cm³/mol. The topological polar surface area (TPSA) is 64.3 Å². The Morgan fingerprint density at radius 3 is 3.10 bits per heavy atom. The molecule has 1 aliphatic heterocycles. The van der Waals surface area contributed by atoms with Crippen molar-refractivity contribution < 1.29 is 9.53 Å². The van der Waals surface area contributed by atoms with E-state index in [4.69, 9.17) is 10.5 Å². The number of nitrogens with one attached hydrogen (secondary N) is 1. The molecule has 4 unspecified atom stereocenters. The van der Waals surface area contributed by atoms with Crippen molar-refractivity contribution >= 4 is 44.4 Å². The van der Waals surface area contributed by atoms with Gasteiger partial charge in [-0.05, 0) is 53.6 Å². The van der Waals surface area contributed by atoms with E-state index in [0.29, 0.717) is 11.5 Å². The summed E-state index contributed by atoms with van der Waals surface area (Å²) in [6.45, 7) is 0.772. The second-order valence-corrected chi connectivity index (χ2v) is 7.42. The van der Waals surface area contributed by atoms with Crippen LogP contribution in [-0.4, -0.2) is 30.7 Å². The molecule has 1 heterocycles. The highest BCUT2D eigenvalue weighted by atomic mass is 127. The molecule has 2 fully saturated rings. The average Bonchev–Trinajstić information content (AvgIpc) is 2.46. The molecule has 0 radical (unpaired) electrons. The molecule has 20 heavy (non-hydrogen) atoms. The minimum absolute atomic E-state index is 0.00839. The summed E-state index contributed by atoms with van der Waals surface area (Å²) in [4.78, 5) is 12.4. The molecule has 0 spiro atoms. The van der Waals surface area contributed by atoms with Gasteiger partial charge in [0, 0.05) is 26.6 Å². The molecular formula is C14H16BrIN2O2. The zero-order chi connectivity index (χ0) is 14.3. The largest absolute Gasteiger partial charge is 0.376 e. The van der Waals surface area contributed by atoms with Crippen LogP contribution in [0.5, 0.6) is 0 Å². The minimum Gasteiger partial charge on any atom is -0.376 e. The molecule has 4 nitrogen and oxygen atoms in total. The Hall–Kier alpha value is -0.180. The highest BCUT2D eigenvalue weighted by molar-refractivity contribution is 14.1. The molecule has 3 rings (SSSR count). The van der Waals surface area contributed by atoms with Crippen LogP contribution in [0.4, 0.5) is 0 Å². The Bertz CT molecular complexity index is 540. The van der Waals surface area contributed by atoms with E-state index >= 15 is 0 Å². The second-order valence-electron chi connectivity index (χ2n) is 5.34. The molecule has 0 aromatic heterocycles. The number of fused-ring (bicyclic) bond motifs is 1. The minimum atomic E-state index is -0.0798. The third kappa shape index (κ3) is 2.63. The standard InChI is InChI=1S/C14H16BrIN2O2/c15-7-3-4-10(16)9(6-7)14(19)18-12-11(17)8-2-1-5-20-13(8)12/h3-4,6,8,11-13H,1-2,5,17H2,(H,18,19). The molecule has 1 aliphatic carbocycles. The molecule has 1 aromatic rings. The molecule has 2 aliphatic rings. The average molecular weight is 451 g/mol. The molecule has 108 valence electrons. The highest BCUT2D eigenvalue weighted by Crippen LogP contribution is 2.37. The molecule has 1 aromatic carbocycles. The summed E-state index contributed by atoms with van der Waals surface area (Å²) in [7, 11) is 0. The van der Waals surface area contributed by atoms with Gasteiger partial charge < -0.3 is 15.8 Å². The number of hydrogen-bond acceptors (Lipinski definition) is 3. The normalized spacial score (nSPS) is 32.1. The van der Waals surface area contributed by atoms with Crippen LogP contribution < -0.4 is 11.1 Å². The van der Waals surface area contributed by atoms with Gasteiger partial charge in [-0.25, -0.2) is 0 Å². The van der Waals surface area contributed by atoms with Crippen LogP contribution >= 0.6 is 38.5 Å². The molecule has 1 saturated heterocycles. The van der Waals surface area contributed by atoms with E-state index in [1.165, 1.54) is 0 Å². The Morgan fingerprint density at radius 1 is 1.50 bits per heavy atom. The van der Waals surface area contributed by atoms with Crippen LogP contribution in [0.3, 0.4) is 0 Å². The molecule has 4 atom stereocenters. The first-order chi connectivity index (χ1) is 9.58. The number of carbonyl (C=O) groups excluding carboxylic acids is 1.